The molecule has 1 aliphatic heterocycles. The Morgan fingerprint density at radius 3 is 2.46 bits per heavy atom. The molecule has 0 unspecified atom stereocenters. The molecule has 0 radical (unpaired) electrons. The van der Waals surface area contributed by atoms with Gasteiger partial charge in [-0.25, -0.2) is 8.42 Å². The summed E-state index contributed by atoms with van der Waals surface area (Å²) >= 11 is 0. The Bertz CT molecular complexity index is 703. The maximum absolute atomic E-state index is 13.0. The van der Waals surface area contributed by atoms with E-state index in [0.717, 1.165) is 25.7 Å². The molecule has 1 amide bonds. The minimum atomic E-state index is -3.61. The maximum atomic E-state index is 13.0. The molecule has 0 aromatic carbocycles. The fraction of sp³-hybridized carbons (Fsp3) is 0.722. The number of hydrogen-bond donors (Lipinski definition) is 0. The molecule has 26 heavy (non-hydrogen) atoms. The van der Waals surface area contributed by atoms with Crippen molar-refractivity contribution >= 4 is 15.9 Å². The average molecular weight is 387 g/mol. The molecule has 7 nitrogen and oxygen atoms in total. The Balaban J connectivity index is 2.31. The van der Waals surface area contributed by atoms with Crippen molar-refractivity contribution in [3.63, 3.8) is 0 Å². The van der Waals surface area contributed by atoms with Gasteiger partial charge in [0, 0.05) is 38.9 Å². The molecular weight excluding hydrogens is 356 g/mol. The number of methoxy groups -OCH3 is 1. The Morgan fingerprint density at radius 1 is 1.31 bits per heavy atom. The van der Waals surface area contributed by atoms with Crippen molar-refractivity contribution in [2.24, 2.45) is 0 Å². The number of hydrogen-bond acceptors (Lipinski definition) is 5. The second kappa shape index (κ2) is 9.01. The monoisotopic (exact) mass is 386 g/mol. The van der Waals surface area contributed by atoms with Gasteiger partial charge in [-0.3, -0.25) is 4.79 Å². The van der Waals surface area contributed by atoms with E-state index < -0.39 is 10.0 Å². The van der Waals surface area contributed by atoms with Crippen LogP contribution in [0.5, 0.6) is 0 Å². The van der Waals surface area contributed by atoms with Gasteiger partial charge in [0.15, 0.2) is 5.76 Å². The van der Waals surface area contributed by atoms with Crippen molar-refractivity contribution in [1.82, 2.24) is 9.21 Å². The van der Waals surface area contributed by atoms with Crippen LogP contribution in [0, 0.1) is 6.92 Å². The molecule has 0 saturated carbocycles. The topological polar surface area (TPSA) is 80.1 Å². The van der Waals surface area contributed by atoms with Gasteiger partial charge in [0.2, 0.25) is 10.0 Å². The van der Waals surface area contributed by atoms with Gasteiger partial charge in [0.05, 0.1) is 6.61 Å². The quantitative estimate of drug-likeness (QED) is 0.652. The minimum Gasteiger partial charge on any atom is -0.455 e. The summed E-state index contributed by atoms with van der Waals surface area (Å²) in [5, 5.41) is 0. The van der Waals surface area contributed by atoms with Gasteiger partial charge < -0.3 is 14.1 Å². The minimum absolute atomic E-state index is 0.0571. The molecule has 148 valence electrons. The van der Waals surface area contributed by atoms with E-state index in [1.807, 2.05) is 13.8 Å². The molecule has 2 rings (SSSR count). The average Bonchev–Trinajstić information content (AvgIpc) is 3.28. The molecule has 0 N–H and O–H groups in total. The van der Waals surface area contributed by atoms with Crippen LogP contribution in [0.1, 0.15) is 55.8 Å². The first-order chi connectivity index (χ1) is 12.4. The summed E-state index contributed by atoms with van der Waals surface area (Å²) in [5.74, 6) is 0.0430. The van der Waals surface area contributed by atoms with Crippen LogP contribution >= 0.6 is 0 Å². The zero-order valence-electron chi connectivity index (χ0n) is 16.2. The van der Waals surface area contributed by atoms with Crippen LogP contribution in [-0.2, 0) is 14.8 Å². The van der Waals surface area contributed by atoms with Crippen LogP contribution in [0.2, 0.25) is 0 Å². The third-order valence-corrected chi connectivity index (χ3v) is 6.95. The lowest BCUT2D eigenvalue weighted by molar-refractivity contribution is 0.0557. The molecular formula is C18H30N2O5S. The first-order valence-electron chi connectivity index (χ1n) is 9.27. The van der Waals surface area contributed by atoms with Crippen LogP contribution in [0.4, 0.5) is 0 Å². The van der Waals surface area contributed by atoms with Gasteiger partial charge in [-0.2, -0.15) is 4.31 Å². The number of aryl methyl sites for hydroxylation is 1. The summed E-state index contributed by atoms with van der Waals surface area (Å²) in [7, 11) is -2.02. The number of amides is 1. The zero-order chi connectivity index (χ0) is 19.3. The van der Waals surface area contributed by atoms with E-state index in [1.54, 1.807) is 18.9 Å². The van der Waals surface area contributed by atoms with E-state index in [2.05, 4.69) is 0 Å². The molecule has 1 aromatic rings. The Morgan fingerprint density at radius 2 is 1.92 bits per heavy atom. The van der Waals surface area contributed by atoms with Crippen LogP contribution in [0.3, 0.4) is 0 Å². The second-order valence-electron chi connectivity index (χ2n) is 6.60. The summed E-state index contributed by atoms with van der Waals surface area (Å²) in [6.45, 7) is 7.54. The van der Waals surface area contributed by atoms with Crippen LogP contribution in [0.15, 0.2) is 15.4 Å². The van der Waals surface area contributed by atoms with Crippen molar-refractivity contribution in [3.05, 3.63) is 17.6 Å². The van der Waals surface area contributed by atoms with E-state index in [-0.39, 0.29) is 28.4 Å². The first-order valence-corrected chi connectivity index (χ1v) is 10.7. The van der Waals surface area contributed by atoms with Crippen molar-refractivity contribution in [2.75, 3.05) is 33.4 Å². The lowest BCUT2D eigenvalue weighted by Gasteiger charge is -2.29. The molecule has 0 aliphatic carbocycles. The number of rotatable bonds is 9. The number of carbonyl (C=O) groups is 1. The van der Waals surface area contributed by atoms with E-state index in [0.29, 0.717) is 26.2 Å². The highest BCUT2D eigenvalue weighted by Gasteiger charge is 2.33. The van der Waals surface area contributed by atoms with Gasteiger partial charge in [-0.1, -0.05) is 13.8 Å². The number of sulfonamides is 1. The van der Waals surface area contributed by atoms with Crippen LogP contribution < -0.4 is 0 Å². The molecule has 0 bridgehead atoms. The van der Waals surface area contributed by atoms with Crippen molar-refractivity contribution < 1.29 is 22.4 Å². The maximum Gasteiger partial charge on any atom is 0.289 e. The standard InChI is InChI=1S/C18H30N2O5S/c1-5-15(6-2)20(11-12-24-4)18(21)16-13-17(14(3)25-16)26(22,23)19-9-7-8-10-19/h13,15H,5-12H2,1-4H3. The van der Waals surface area contributed by atoms with Crippen LogP contribution in [-0.4, -0.2) is 62.9 Å². The van der Waals surface area contributed by atoms with Crippen LogP contribution in [0.25, 0.3) is 0 Å². The second-order valence-corrected chi connectivity index (χ2v) is 8.51. The lowest BCUT2D eigenvalue weighted by Crippen LogP contribution is -2.41. The highest BCUT2D eigenvalue weighted by molar-refractivity contribution is 7.89. The fourth-order valence-corrected chi connectivity index (χ4v) is 5.08. The van der Waals surface area contributed by atoms with E-state index in [1.165, 1.54) is 10.4 Å². The van der Waals surface area contributed by atoms with E-state index in [4.69, 9.17) is 9.15 Å². The Hall–Kier alpha value is -1.38. The summed E-state index contributed by atoms with van der Waals surface area (Å²) < 4.78 is 37.8. The Labute approximate surface area is 156 Å². The fourth-order valence-electron chi connectivity index (χ4n) is 3.41. The number of nitrogens with zero attached hydrogens (tertiary/aromatic N) is 2. The highest BCUT2D eigenvalue weighted by Crippen LogP contribution is 2.27. The highest BCUT2D eigenvalue weighted by atomic mass is 32.2. The zero-order valence-corrected chi connectivity index (χ0v) is 17.0. The molecule has 1 fully saturated rings. The van der Waals surface area contributed by atoms with Gasteiger partial charge in [-0.15, -0.1) is 0 Å². The van der Waals surface area contributed by atoms with Crippen molar-refractivity contribution in [3.8, 4) is 0 Å². The summed E-state index contributed by atoms with van der Waals surface area (Å²) in [6.07, 6.45) is 3.35. The van der Waals surface area contributed by atoms with E-state index >= 15 is 0 Å². The van der Waals surface area contributed by atoms with Crippen molar-refractivity contribution in [1.29, 1.82) is 0 Å². The number of carbonyl (C=O) groups excluding carboxylic acids is 1. The first kappa shape index (κ1) is 20.9. The predicted molar refractivity (Wildman–Crippen MR) is 98.7 cm³/mol. The molecule has 1 saturated heterocycles. The van der Waals surface area contributed by atoms with Gasteiger partial charge in [0.25, 0.3) is 5.91 Å². The molecule has 1 aromatic heterocycles. The number of ether oxygens (including phenoxy) is 1. The van der Waals surface area contributed by atoms with Gasteiger partial charge >= 0.3 is 0 Å². The normalized spacial score (nSPS) is 15.7. The molecule has 0 atom stereocenters. The molecule has 2 heterocycles. The van der Waals surface area contributed by atoms with E-state index in [9.17, 15) is 13.2 Å². The lowest BCUT2D eigenvalue weighted by atomic mass is 10.1. The summed E-state index contributed by atoms with van der Waals surface area (Å²) in [5.41, 5.74) is 0. The van der Waals surface area contributed by atoms with Gasteiger partial charge in [-0.05, 0) is 32.6 Å². The molecule has 0 spiro atoms. The smallest absolute Gasteiger partial charge is 0.289 e. The largest absolute Gasteiger partial charge is 0.455 e. The SMILES string of the molecule is CCC(CC)N(CCOC)C(=O)c1cc(S(=O)(=O)N2CCCC2)c(C)o1. The molecule has 1 aliphatic rings. The third kappa shape index (κ3) is 4.29. The molecule has 8 heteroatoms. The third-order valence-electron chi connectivity index (χ3n) is 4.95. The summed E-state index contributed by atoms with van der Waals surface area (Å²) in [6, 6.07) is 1.44. The Kier molecular flexibility index (Phi) is 7.25. The van der Waals surface area contributed by atoms with Crippen molar-refractivity contribution in [2.45, 2.75) is 57.4 Å². The number of furan rings is 1. The predicted octanol–water partition coefficient (Wildman–Crippen LogP) is 2.65. The van der Waals surface area contributed by atoms with Gasteiger partial charge in [0.1, 0.15) is 10.7 Å². The summed E-state index contributed by atoms with van der Waals surface area (Å²) in [4.78, 5) is 14.8.